The molecule has 20 heavy (non-hydrogen) atoms. The van der Waals surface area contributed by atoms with Crippen LogP contribution in [0.2, 0.25) is 10.6 Å². The van der Waals surface area contributed by atoms with E-state index < -0.39 is 0 Å². The van der Waals surface area contributed by atoms with E-state index in [4.69, 9.17) is 0 Å². The van der Waals surface area contributed by atoms with E-state index in [1.54, 1.807) is 10.6 Å². The fourth-order valence-electron chi connectivity index (χ4n) is 1.86. The van der Waals surface area contributed by atoms with Crippen LogP contribution in [0.5, 0.6) is 0 Å². The molecule has 2 nitrogen and oxygen atoms in total. The molecule has 0 aromatic carbocycles. The van der Waals surface area contributed by atoms with Crippen LogP contribution in [-0.2, 0) is 4.79 Å². The molecule has 0 atom stereocenters. The van der Waals surface area contributed by atoms with Gasteiger partial charge in [0.25, 0.3) is 0 Å². The van der Waals surface area contributed by atoms with Gasteiger partial charge in [0, 0.05) is 0 Å². The van der Waals surface area contributed by atoms with Crippen molar-refractivity contribution in [3.8, 4) is 0 Å². The van der Waals surface area contributed by atoms with Crippen molar-refractivity contribution in [1.29, 1.82) is 0 Å². The Hall–Kier alpha value is -0.258. The zero-order valence-corrected chi connectivity index (χ0v) is 15.2. The van der Waals surface area contributed by atoms with E-state index in [0.29, 0.717) is 0 Å². The van der Waals surface area contributed by atoms with Gasteiger partial charge in [-0.3, -0.25) is 4.79 Å². The van der Waals surface area contributed by atoms with Crippen molar-refractivity contribution in [2.24, 2.45) is 0 Å². The summed E-state index contributed by atoms with van der Waals surface area (Å²) in [4.78, 5) is 9.98. The van der Waals surface area contributed by atoms with Gasteiger partial charge in [-0.25, -0.2) is 0 Å². The predicted molar refractivity (Wildman–Crippen MR) is 88.1 cm³/mol. The molecule has 0 aromatic rings. The molecule has 116 valence electrons. The van der Waals surface area contributed by atoms with Crippen LogP contribution in [0.3, 0.4) is 0 Å². The molecule has 0 bridgehead atoms. The molecule has 0 rings (SSSR count). The van der Waals surface area contributed by atoms with Gasteiger partial charge >= 0.3 is 91.0 Å². The molecule has 0 amide bonds. The molecule has 0 aromatic heterocycles. The third kappa shape index (κ3) is 26.3. The topological polar surface area (TPSA) is 40.1 Å². The Morgan fingerprint density at radius 1 is 0.900 bits per heavy atom. The van der Waals surface area contributed by atoms with Gasteiger partial charge in [-0.2, -0.15) is 0 Å². The molecule has 0 fully saturated rings. The second-order valence-electron chi connectivity index (χ2n) is 5.35. The van der Waals surface area contributed by atoms with Gasteiger partial charge in [-0.1, -0.05) is 6.92 Å². The molecule has 0 unspecified atom stereocenters. The number of ketones is 1. The van der Waals surface area contributed by atoms with E-state index in [2.05, 4.69) is 13.8 Å². The molecule has 0 aliphatic heterocycles. The summed E-state index contributed by atoms with van der Waals surface area (Å²) in [5, 5.41) is 13.1. The van der Waals surface area contributed by atoms with Crippen LogP contribution in [0, 0.1) is 0 Å². The Balaban J connectivity index is 0. The standard InChI is InChI=1S/2C6H13.C5H8O2.Al/c2*1-3-5-6-4-2;1-4(6)3-5(2)7;/h2*1,3-6H2,2H3;3,6H,1-2H3;/q;;;+1/p-1/b;;4-3-;. The van der Waals surface area contributed by atoms with Crippen LogP contribution in [0.4, 0.5) is 0 Å². The first-order chi connectivity index (χ1) is 9.54. The van der Waals surface area contributed by atoms with Gasteiger partial charge in [0.1, 0.15) is 0 Å². The second kappa shape index (κ2) is 18.7. The summed E-state index contributed by atoms with van der Waals surface area (Å²) < 4.78 is 0. The van der Waals surface area contributed by atoms with Gasteiger partial charge in [-0.15, -0.1) is 5.76 Å². The number of hydrogen-bond donors (Lipinski definition) is 0. The van der Waals surface area contributed by atoms with Gasteiger partial charge in [-0.05, 0) is 13.0 Å². The van der Waals surface area contributed by atoms with Crippen molar-refractivity contribution in [2.45, 2.75) is 89.6 Å². The summed E-state index contributed by atoms with van der Waals surface area (Å²) in [5.74, 6) is -0.375. The molecule has 0 heterocycles. The zero-order valence-electron chi connectivity index (χ0n) is 14.0. The summed E-state index contributed by atoms with van der Waals surface area (Å²) in [6, 6.07) is 0. The van der Waals surface area contributed by atoms with Crippen LogP contribution in [0.1, 0.15) is 79.1 Å². The van der Waals surface area contributed by atoms with Gasteiger partial charge in [0.05, 0.1) is 0 Å². The van der Waals surface area contributed by atoms with E-state index in [1.165, 1.54) is 65.2 Å². The Morgan fingerprint density at radius 2 is 1.35 bits per heavy atom. The maximum atomic E-state index is 9.98. The minimum absolute atomic E-state index is 0.187. The van der Waals surface area contributed by atoms with E-state index >= 15 is 0 Å². The van der Waals surface area contributed by atoms with Crippen LogP contribution < -0.4 is 5.11 Å². The summed E-state index contributed by atoms with van der Waals surface area (Å²) in [5.41, 5.74) is 0. The first kappa shape index (κ1) is 22.0. The van der Waals surface area contributed by atoms with Gasteiger partial charge in [0.2, 0.25) is 0 Å². The van der Waals surface area contributed by atoms with E-state index in [0.717, 1.165) is 21.3 Å². The third-order valence-corrected chi connectivity index (χ3v) is 4.56. The van der Waals surface area contributed by atoms with Crippen LogP contribution in [0.15, 0.2) is 11.8 Å². The number of allylic oxidation sites excluding steroid dienone is 2. The molecule has 0 spiro atoms. The van der Waals surface area contributed by atoms with Crippen molar-refractivity contribution in [3.05, 3.63) is 11.8 Å². The molecular weight excluding hydrogens is 263 g/mol. The molecule has 3 heteroatoms. The summed E-state index contributed by atoms with van der Waals surface area (Å²) in [6.07, 6.45) is 12.7. The summed E-state index contributed by atoms with van der Waals surface area (Å²) in [7, 11) is 0. The average molecular weight is 296 g/mol. The van der Waals surface area contributed by atoms with Crippen molar-refractivity contribution < 1.29 is 9.90 Å². The molecule has 0 saturated heterocycles. The summed E-state index contributed by atoms with van der Waals surface area (Å²) >= 11 is 0.805. The number of hydrogen-bond acceptors (Lipinski definition) is 2. The predicted octanol–water partition coefficient (Wildman–Crippen LogP) is 4.53. The first-order valence-corrected chi connectivity index (χ1v) is 9.85. The van der Waals surface area contributed by atoms with Crippen LogP contribution in [0.25, 0.3) is 0 Å². The fourth-order valence-corrected chi connectivity index (χ4v) is 3.30. The molecule has 0 radical (unpaired) electrons. The van der Waals surface area contributed by atoms with E-state index in [-0.39, 0.29) is 11.5 Å². The van der Waals surface area contributed by atoms with E-state index in [9.17, 15) is 9.90 Å². The first-order valence-electron chi connectivity index (χ1n) is 8.22. The Labute approximate surface area is 132 Å². The minimum atomic E-state index is -0.187. The Bertz CT molecular complexity index is 223. The quantitative estimate of drug-likeness (QED) is 0.243. The van der Waals surface area contributed by atoms with Gasteiger partial charge < -0.3 is 5.11 Å². The molecule has 0 N–H and O–H groups in total. The monoisotopic (exact) mass is 296 g/mol. The molecule has 0 aliphatic carbocycles. The normalized spacial score (nSPS) is 10.5. The number of carbonyl (C=O) groups excluding carboxylic acids is 1. The second-order valence-corrected chi connectivity index (χ2v) is 7.09. The molecule has 0 aliphatic rings. The van der Waals surface area contributed by atoms with Crippen LogP contribution >= 0.6 is 0 Å². The Morgan fingerprint density at radius 3 is 1.60 bits per heavy atom. The number of unbranched alkanes of at least 4 members (excludes halogenated alkanes) is 6. The summed E-state index contributed by atoms with van der Waals surface area (Å²) in [6.45, 7) is 7.28. The number of rotatable bonds is 11. The third-order valence-electron chi connectivity index (χ3n) is 2.93. The van der Waals surface area contributed by atoms with E-state index in [1.807, 2.05) is 0 Å². The maximum absolute atomic E-state index is 9.98. The fraction of sp³-hybridized carbons (Fsp3) is 0.824. The zero-order chi connectivity index (χ0) is 15.6. The van der Waals surface area contributed by atoms with Crippen LogP contribution in [-0.4, -0.2) is 21.0 Å². The van der Waals surface area contributed by atoms with Gasteiger partial charge in [0.15, 0.2) is 5.78 Å². The molecule has 0 saturated carbocycles. The van der Waals surface area contributed by atoms with Crippen molar-refractivity contribution >= 4 is 21.0 Å². The average Bonchev–Trinajstić information content (AvgIpc) is 2.36. The Kier molecular flexibility index (Phi) is 20.6. The molecular formula is C17H33AlO2. The van der Waals surface area contributed by atoms with Crippen molar-refractivity contribution in [2.75, 3.05) is 0 Å². The SMILES string of the molecule is CC(=O)/C=C(/C)[O-].CCCCC[CH2][Al+][CH2]CCCCC. The van der Waals surface area contributed by atoms with Crippen molar-refractivity contribution in [1.82, 2.24) is 0 Å². The number of carbonyl (C=O) groups is 1. The van der Waals surface area contributed by atoms with Crippen molar-refractivity contribution in [3.63, 3.8) is 0 Å².